The van der Waals surface area contributed by atoms with E-state index in [4.69, 9.17) is 0 Å². The van der Waals surface area contributed by atoms with Crippen LogP contribution in [0.4, 0.5) is 0 Å². The highest BCUT2D eigenvalue weighted by Crippen LogP contribution is 2.39. The Kier molecular flexibility index (Phi) is 5.26. The summed E-state index contributed by atoms with van der Waals surface area (Å²) in [5, 5.41) is 2.11. The topological polar surface area (TPSA) is 29.1 Å². The Morgan fingerprint density at radius 2 is 2.05 bits per heavy atom. The molecule has 1 heterocycles. The molecule has 1 aliphatic carbocycles. The zero-order valence-corrected chi connectivity index (χ0v) is 15.1. The number of halogens is 1. The van der Waals surface area contributed by atoms with Gasteiger partial charge in [0.15, 0.2) is 0 Å². The van der Waals surface area contributed by atoms with Gasteiger partial charge in [-0.2, -0.15) is 0 Å². The fraction of sp³-hybridized carbons (Fsp3) is 0.714. The first-order valence-electron chi connectivity index (χ1n) is 6.85. The Morgan fingerprint density at radius 1 is 1.42 bits per heavy atom. The number of hydrogen-bond acceptors (Lipinski definition) is 2. The van der Waals surface area contributed by atoms with Crippen LogP contribution in [0.15, 0.2) is 15.9 Å². The Hall–Kier alpha value is 0.290. The number of nitrogens with one attached hydrogen (secondary N) is 1. The lowest BCUT2D eigenvalue weighted by molar-refractivity contribution is 0.418. The van der Waals surface area contributed by atoms with Crippen LogP contribution in [-0.4, -0.2) is 4.75 Å². The number of hydrogen-bond donors (Lipinski definition) is 1. The molecular weight excluding hydrogens is 342 g/mol. The van der Waals surface area contributed by atoms with E-state index < -0.39 is 11.0 Å². The van der Waals surface area contributed by atoms with Crippen LogP contribution >= 0.6 is 27.3 Å². The van der Waals surface area contributed by atoms with Crippen molar-refractivity contribution in [2.45, 2.75) is 57.2 Å². The summed E-state index contributed by atoms with van der Waals surface area (Å²) in [5.74, 6) is 0.631. The van der Waals surface area contributed by atoms with Crippen LogP contribution in [0.5, 0.6) is 0 Å². The molecule has 2 atom stereocenters. The SMILES string of the molecule is CC(C)(C)[SH+](=O)NC(c1cc(Br)cs1)C1CCCC1. The van der Waals surface area contributed by atoms with Crippen molar-refractivity contribution in [1.82, 2.24) is 4.72 Å². The lowest BCUT2D eigenvalue weighted by Crippen LogP contribution is -2.37. The van der Waals surface area contributed by atoms with Crippen LogP contribution in [0.1, 0.15) is 57.4 Å². The highest BCUT2D eigenvalue weighted by Gasteiger charge is 2.34. The molecular formula is C14H23BrNOS2+. The first-order chi connectivity index (χ1) is 8.88. The molecule has 5 heteroatoms. The van der Waals surface area contributed by atoms with Gasteiger partial charge >= 0.3 is 0 Å². The Morgan fingerprint density at radius 3 is 2.53 bits per heavy atom. The quantitative estimate of drug-likeness (QED) is 0.606. The van der Waals surface area contributed by atoms with E-state index in [0.29, 0.717) is 5.92 Å². The van der Waals surface area contributed by atoms with Crippen LogP contribution < -0.4 is 4.72 Å². The second kappa shape index (κ2) is 6.37. The fourth-order valence-corrected chi connectivity index (χ4v) is 5.17. The average Bonchev–Trinajstić information content (AvgIpc) is 2.95. The first kappa shape index (κ1) is 15.7. The minimum atomic E-state index is -1.40. The summed E-state index contributed by atoms with van der Waals surface area (Å²) >= 11 is 5.28. The molecule has 1 saturated carbocycles. The van der Waals surface area contributed by atoms with Crippen molar-refractivity contribution in [2.75, 3.05) is 0 Å². The number of rotatable bonds is 4. The zero-order valence-electron chi connectivity index (χ0n) is 11.8. The number of thiol groups is 1. The molecule has 0 radical (unpaired) electrons. The predicted molar refractivity (Wildman–Crippen MR) is 89.1 cm³/mol. The maximum absolute atomic E-state index is 12.4. The molecule has 0 aromatic carbocycles. The molecule has 1 N–H and O–H groups in total. The van der Waals surface area contributed by atoms with Gasteiger partial charge in [0.1, 0.15) is 15.7 Å². The van der Waals surface area contributed by atoms with Gasteiger partial charge in [-0.15, -0.1) is 16.1 Å². The van der Waals surface area contributed by atoms with Gasteiger partial charge in [0.2, 0.25) is 0 Å². The minimum absolute atomic E-state index is 0.180. The maximum atomic E-state index is 12.4. The van der Waals surface area contributed by atoms with Crippen LogP contribution in [0.25, 0.3) is 0 Å². The highest BCUT2D eigenvalue weighted by atomic mass is 79.9. The molecule has 1 aliphatic rings. The molecule has 0 aliphatic heterocycles. The van der Waals surface area contributed by atoms with Gasteiger partial charge in [-0.05, 0) is 61.5 Å². The van der Waals surface area contributed by atoms with E-state index in [1.807, 2.05) is 20.8 Å². The van der Waals surface area contributed by atoms with Gasteiger partial charge in [0.05, 0.1) is 6.04 Å². The molecule has 1 aromatic heterocycles. The summed E-state index contributed by atoms with van der Waals surface area (Å²) in [6.45, 7) is 6.11. The molecule has 0 amide bonds. The van der Waals surface area contributed by atoms with Crippen molar-refractivity contribution in [3.05, 3.63) is 20.8 Å². The fourth-order valence-electron chi connectivity index (χ4n) is 2.50. The third-order valence-corrected chi connectivity index (χ3v) is 7.14. The average molecular weight is 365 g/mol. The molecule has 19 heavy (non-hydrogen) atoms. The first-order valence-corrected chi connectivity index (χ1v) is 9.78. The smallest absolute Gasteiger partial charge is 0.146 e. The number of thiophene rings is 1. The lowest BCUT2D eigenvalue weighted by atomic mass is 9.98. The van der Waals surface area contributed by atoms with E-state index in [1.165, 1.54) is 30.6 Å². The maximum Gasteiger partial charge on any atom is 0.147 e. The van der Waals surface area contributed by atoms with Gasteiger partial charge in [-0.1, -0.05) is 17.1 Å². The molecule has 1 aromatic rings. The third kappa shape index (κ3) is 4.13. The molecule has 108 valence electrons. The second-order valence-electron chi connectivity index (χ2n) is 6.28. The van der Waals surface area contributed by atoms with Crippen LogP contribution in [0.3, 0.4) is 0 Å². The monoisotopic (exact) mass is 364 g/mol. The zero-order chi connectivity index (χ0) is 14.0. The third-order valence-electron chi connectivity index (χ3n) is 3.63. The predicted octanol–water partition coefficient (Wildman–Crippen LogP) is 4.74. The van der Waals surface area contributed by atoms with E-state index >= 15 is 0 Å². The van der Waals surface area contributed by atoms with Crippen molar-refractivity contribution in [2.24, 2.45) is 5.92 Å². The molecule has 0 bridgehead atoms. The molecule has 2 rings (SSSR count). The molecule has 0 saturated heterocycles. The van der Waals surface area contributed by atoms with E-state index in [-0.39, 0.29) is 10.8 Å². The van der Waals surface area contributed by atoms with E-state index in [0.717, 1.165) is 4.47 Å². The van der Waals surface area contributed by atoms with Gasteiger partial charge in [-0.3, -0.25) is 0 Å². The normalized spacial score (nSPS) is 20.6. The van der Waals surface area contributed by atoms with Gasteiger partial charge < -0.3 is 0 Å². The summed E-state index contributed by atoms with van der Waals surface area (Å²) in [6.07, 6.45) is 5.12. The van der Waals surface area contributed by atoms with Crippen LogP contribution in [0, 0.1) is 5.92 Å². The standard InChI is InChI=1S/C14H22BrNOS2/c1-14(2,3)19(17)16-13(10-6-4-5-7-10)12-8-11(15)9-18-12/h8-10,13H,4-7H2,1-3H3,(H,16,17)/p+1. The largest absolute Gasteiger partial charge is 0.147 e. The summed E-state index contributed by atoms with van der Waals surface area (Å²) in [6, 6.07) is 2.42. The summed E-state index contributed by atoms with van der Waals surface area (Å²) in [4.78, 5) is 1.31. The Labute approximate surface area is 131 Å². The summed E-state index contributed by atoms with van der Waals surface area (Å²) < 4.78 is 16.8. The summed E-state index contributed by atoms with van der Waals surface area (Å²) in [7, 11) is -1.40. The van der Waals surface area contributed by atoms with Crippen molar-refractivity contribution in [1.29, 1.82) is 0 Å². The van der Waals surface area contributed by atoms with E-state index in [1.54, 1.807) is 11.3 Å². The highest BCUT2D eigenvalue weighted by molar-refractivity contribution is 9.10. The lowest BCUT2D eigenvalue weighted by Gasteiger charge is -2.23. The van der Waals surface area contributed by atoms with Crippen LogP contribution in [-0.2, 0) is 15.2 Å². The van der Waals surface area contributed by atoms with Crippen molar-refractivity contribution < 1.29 is 4.21 Å². The minimum Gasteiger partial charge on any atom is -0.146 e. The van der Waals surface area contributed by atoms with Gasteiger partial charge in [0.25, 0.3) is 0 Å². The van der Waals surface area contributed by atoms with Crippen LogP contribution in [0.2, 0.25) is 0 Å². The van der Waals surface area contributed by atoms with E-state index in [2.05, 4.69) is 32.1 Å². The second-order valence-corrected chi connectivity index (χ2v) is 10.3. The van der Waals surface area contributed by atoms with E-state index in [9.17, 15) is 4.21 Å². The van der Waals surface area contributed by atoms with Gasteiger partial charge in [-0.25, -0.2) is 0 Å². The Balaban J connectivity index is 2.17. The molecule has 2 unspecified atom stereocenters. The van der Waals surface area contributed by atoms with Gasteiger partial charge in [0, 0.05) is 14.7 Å². The molecule has 0 spiro atoms. The molecule has 2 nitrogen and oxygen atoms in total. The Bertz CT molecular complexity index is 447. The van der Waals surface area contributed by atoms with Crippen molar-refractivity contribution in [3.8, 4) is 0 Å². The van der Waals surface area contributed by atoms with Crippen molar-refractivity contribution >= 4 is 38.3 Å². The summed E-state index contributed by atoms with van der Waals surface area (Å²) in [5.41, 5.74) is 0. The van der Waals surface area contributed by atoms with Crippen molar-refractivity contribution in [3.63, 3.8) is 0 Å². The molecule has 1 fully saturated rings.